The van der Waals surface area contributed by atoms with Gasteiger partial charge in [0.05, 0.1) is 6.61 Å². The summed E-state index contributed by atoms with van der Waals surface area (Å²) in [4.78, 5) is 12.8. The van der Waals surface area contributed by atoms with Gasteiger partial charge in [0.25, 0.3) is 0 Å². The standard InChI is InChI=1S/C10H13NO2S/c1-11(5-6-12)10(13)3-2-9-4-7-14-8-9/h2-4,7-8,12H,5-6H2,1H3/b3-2+. The van der Waals surface area contributed by atoms with E-state index in [9.17, 15) is 4.79 Å². The molecule has 0 unspecified atom stereocenters. The molecule has 1 N–H and O–H groups in total. The highest BCUT2D eigenvalue weighted by atomic mass is 32.1. The van der Waals surface area contributed by atoms with Crippen LogP contribution < -0.4 is 0 Å². The number of carbonyl (C=O) groups is 1. The monoisotopic (exact) mass is 211 g/mol. The third-order valence-corrected chi connectivity index (χ3v) is 2.47. The minimum atomic E-state index is -0.0924. The first kappa shape index (κ1) is 10.9. The van der Waals surface area contributed by atoms with Crippen molar-refractivity contribution in [1.82, 2.24) is 4.90 Å². The van der Waals surface area contributed by atoms with Gasteiger partial charge in [-0.05, 0) is 28.5 Å². The summed E-state index contributed by atoms with van der Waals surface area (Å²) in [6, 6.07) is 1.94. The molecule has 3 nitrogen and oxygen atoms in total. The van der Waals surface area contributed by atoms with Gasteiger partial charge in [-0.3, -0.25) is 4.79 Å². The van der Waals surface area contributed by atoms with E-state index in [0.717, 1.165) is 5.56 Å². The van der Waals surface area contributed by atoms with Crippen molar-refractivity contribution in [3.05, 3.63) is 28.5 Å². The van der Waals surface area contributed by atoms with Crippen LogP contribution in [0.25, 0.3) is 6.08 Å². The molecular formula is C10H13NO2S. The number of aliphatic hydroxyl groups is 1. The van der Waals surface area contributed by atoms with Crippen molar-refractivity contribution >= 4 is 23.3 Å². The summed E-state index contributed by atoms with van der Waals surface area (Å²) in [6.07, 6.45) is 3.28. The lowest BCUT2D eigenvalue weighted by Crippen LogP contribution is -2.27. The molecule has 1 rings (SSSR count). The van der Waals surface area contributed by atoms with E-state index in [4.69, 9.17) is 5.11 Å². The molecule has 1 amide bonds. The quantitative estimate of drug-likeness (QED) is 0.760. The van der Waals surface area contributed by atoms with Crippen molar-refractivity contribution in [1.29, 1.82) is 0 Å². The Balaban J connectivity index is 2.48. The number of hydrogen-bond donors (Lipinski definition) is 1. The first-order valence-corrected chi connectivity index (χ1v) is 5.24. The number of aliphatic hydroxyl groups excluding tert-OH is 1. The first-order valence-electron chi connectivity index (χ1n) is 4.30. The summed E-state index contributed by atoms with van der Waals surface area (Å²) in [6.45, 7) is 0.362. The maximum absolute atomic E-state index is 11.4. The van der Waals surface area contributed by atoms with Crippen LogP contribution in [0.1, 0.15) is 5.56 Å². The van der Waals surface area contributed by atoms with Crippen LogP contribution in [-0.4, -0.2) is 36.1 Å². The van der Waals surface area contributed by atoms with Crippen molar-refractivity contribution in [2.24, 2.45) is 0 Å². The zero-order chi connectivity index (χ0) is 10.4. The van der Waals surface area contributed by atoms with Gasteiger partial charge in [0.15, 0.2) is 0 Å². The highest BCUT2D eigenvalue weighted by molar-refractivity contribution is 7.08. The van der Waals surface area contributed by atoms with Crippen LogP contribution in [0, 0.1) is 0 Å². The summed E-state index contributed by atoms with van der Waals surface area (Å²) in [5, 5.41) is 12.5. The molecule has 1 heterocycles. The summed E-state index contributed by atoms with van der Waals surface area (Å²) in [5.41, 5.74) is 1.03. The van der Waals surface area contributed by atoms with Crippen LogP contribution in [0.15, 0.2) is 22.9 Å². The van der Waals surface area contributed by atoms with Gasteiger partial charge < -0.3 is 10.0 Å². The summed E-state index contributed by atoms with van der Waals surface area (Å²) in [5.74, 6) is -0.0924. The molecule has 14 heavy (non-hydrogen) atoms. The fourth-order valence-corrected chi connectivity index (χ4v) is 1.55. The predicted molar refractivity (Wildman–Crippen MR) is 58.1 cm³/mol. The van der Waals surface area contributed by atoms with Crippen molar-refractivity contribution in [2.75, 3.05) is 20.2 Å². The fourth-order valence-electron chi connectivity index (χ4n) is 0.925. The third kappa shape index (κ3) is 3.32. The Kier molecular flexibility index (Phi) is 4.35. The highest BCUT2D eigenvalue weighted by Crippen LogP contribution is 2.07. The molecule has 0 saturated carbocycles. The average Bonchev–Trinajstić information content (AvgIpc) is 2.67. The molecule has 0 radical (unpaired) electrons. The normalized spacial score (nSPS) is 10.7. The van der Waals surface area contributed by atoms with Crippen LogP contribution in [0.5, 0.6) is 0 Å². The maximum atomic E-state index is 11.4. The Hall–Kier alpha value is -1.13. The number of carbonyl (C=O) groups excluding carboxylic acids is 1. The van der Waals surface area contributed by atoms with Gasteiger partial charge in [-0.15, -0.1) is 0 Å². The van der Waals surface area contributed by atoms with Crippen LogP contribution in [0.2, 0.25) is 0 Å². The van der Waals surface area contributed by atoms with Crippen LogP contribution >= 0.6 is 11.3 Å². The SMILES string of the molecule is CN(CCO)C(=O)/C=C/c1ccsc1. The number of hydrogen-bond acceptors (Lipinski definition) is 3. The smallest absolute Gasteiger partial charge is 0.246 e. The van der Waals surface area contributed by atoms with E-state index in [2.05, 4.69) is 0 Å². The second-order valence-corrected chi connectivity index (χ2v) is 3.65. The average molecular weight is 211 g/mol. The number of amides is 1. The zero-order valence-electron chi connectivity index (χ0n) is 8.01. The molecule has 1 aromatic heterocycles. The molecule has 0 atom stereocenters. The molecule has 0 saturated heterocycles. The zero-order valence-corrected chi connectivity index (χ0v) is 8.83. The van der Waals surface area contributed by atoms with Crippen LogP contribution in [0.4, 0.5) is 0 Å². The van der Waals surface area contributed by atoms with Crippen molar-refractivity contribution < 1.29 is 9.90 Å². The van der Waals surface area contributed by atoms with E-state index in [-0.39, 0.29) is 12.5 Å². The second kappa shape index (κ2) is 5.57. The van der Waals surface area contributed by atoms with Gasteiger partial charge in [-0.25, -0.2) is 0 Å². The summed E-state index contributed by atoms with van der Waals surface area (Å²) < 4.78 is 0. The largest absolute Gasteiger partial charge is 0.395 e. The minimum absolute atomic E-state index is 0.00543. The Morgan fingerprint density at radius 3 is 3.07 bits per heavy atom. The lowest BCUT2D eigenvalue weighted by molar-refractivity contribution is -0.125. The van der Waals surface area contributed by atoms with E-state index in [1.807, 2.05) is 16.8 Å². The molecular weight excluding hydrogens is 198 g/mol. The van der Waals surface area contributed by atoms with Crippen molar-refractivity contribution in [3.8, 4) is 0 Å². The van der Waals surface area contributed by atoms with Gasteiger partial charge in [0.1, 0.15) is 0 Å². The minimum Gasteiger partial charge on any atom is -0.395 e. The predicted octanol–water partition coefficient (Wildman–Crippen LogP) is 1.21. The molecule has 4 heteroatoms. The first-order chi connectivity index (χ1) is 6.74. The van der Waals surface area contributed by atoms with E-state index in [1.54, 1.807) is 24.5 Å². The summed E-state index contributed by atoms with van der Waals surface area (Å²) in [7, 11) is 1.66. The topological polar surface area (TPSA) is 40.5 Å². The van der Waals surface area contributed by atoms with Gasteiger partial charge in [0, 0.05) is 19.7 Å². The van der Waals surface area contributed by atoms with Crippen molar-refractivity contribution in [3.63, 3.8) is 0 Å². The lowest BCUT2D eigenvalue weighted by atomic mass is 10.3. The van der Waals surface area contributed by atoms with Crippen molar-refractivity contribution in [2.45, 2.75) is 0 Å². The third-order valence-electron chi connectivity index (χ3n) is 1.77. The summed E-state index contributed by atoms with van der Waals surface area (Å²) >= 11 is 1.59. The second-order valence-electron chi connectivity index (χ2n) is 2.87. The molecule has 0 aromatic carbocycles. The van der Waals surface area contributed by atoms with E-state index < -0.39 is 0 Å². The van der Waals surface area contributed by atoms with Crippen LogP contribution in [0.3, 0.4) is 0 Å². The maximum Gasteiger partial charge on any atom is 0.246 e. The van der Waals surface area contributed by atoms with Gasteiger partial charge >= 0.3 is 0 Å². The molecule has 0 aliphatic carbocycles. The Labute approximate surface area is 87.3 Å². The molecule has 0 fully saturated rings. The fraction of sp³-hybridized carbons (Fsp3) is 0.300. The molecule has 1 aromatic rings. The van der Waals surface area contributed by atoms with Gasteiger partial charge in [-0.2, -0.15) is 11.3 Å². The molecule has 76 valence electrons. The Morgan fingerprint density at radius 2 is 2.50 bits per heavy atom. The number of rotatable bonds is 4. The van der Waals surface area contributed by atoms with Crippen LogP contribution in [-0.2, 0) is 4.79 Å². The number of nitrogens with zero attached hydrogens (tertiary/aromatic N) is 1. The van der Waals surface area contributed by atoms with Gasteiger partial charge in [-0.1, -0.05) is 0 Å². The lowest BCUT2D eigenvalue weighted by Gasteiger charge is -2.12. The number of thiophene rings is 1. The van der Waals surface area contributed by atoms with Gasteiger partial charge in [0.2, 0.25) is 5.91 Å². The van der Waals surface area contributed by atoms with E-state index in [1.165, 1.54) is 11.0 Å². The Bertz CT molecular complexity index is 306. The highest BCUT2D eigenvalue weighted by Gasteiger charge is 2.02. The van der Waals surface area contributed by atoms with E-state index in [0.29, 0.717) is 6.54 Å². The molecule has 0 spiro atoms. The molecule has 0 aliphatic rings. The van der Waals surface area contributed by atoms with E-state index >= 15 is 0 Å². The molecule has 0 bridgehead atoms. The number of likely N-dealkylation sites (N-methyl/N-ethyl adjacent to an activating group) is 1. The Morgan fingerprint density at radius 1 is 1.71 bits per heavy atom. The molecule has 0 aliphatic heterocycles.